The average molecular weight is 384 g/mol. The Labute approximate surface area is 162 Å². The first-order valence-electron chi connectivity index (χ1n) is 9.26. The zero-order valence-corrected chi connectivity index (χ0v) is 15.9. The Balaban J connectivity index is 0.000000242. The van der Waals surface area contributed by atoms with E-state index >= 15 is 0 Å². The van der Waals surface area contributed by atoms with Gasteiger partial charge in [-0.1, -0.05) is 32.0 Å². The van der Waals surface area contributed by atoms with Crippen LogP contribution in [0.1, 0.15) is 48.8 Å². The van der Waals surface area contributed by atoms with Gasteiger partial charge in [0.25, 0.3) is 0 Å². The summed E-state index contributed by atoms with van der Waals surface area (Å²) in [5.41, 5.74) is 3.42. The molecule has 7 heteroatoms. The predicted octanol–water partition coefficient (Wildman–Crippen LogP) is 3.00. The molecule has 1 aromatic carbocycles. The van der Waals surface area contributed by atoms with Gasteiger partial charge in [0.2, 0.25) is 5.91 Å². The van der Waals surface area contributed by atoms with Crippen molar-refractivity contribution in [2.75, 3.05) is 6.54 Å². The second-order valence-electron chi connectivity index (χ2n) is 7.71. The van der Waals surface area contributed by atoms with E-state index in [0.29, 0.717) is 18.2 Å². The maximum Gasteiger partial charge on any atom is 0.328 e. The van der Waals surface area contributed by atoms with Gasteiger partial charge in [0.05, 0.1) is 5.52 Å². The number of hydrogen-bond acceptors (Lipinski definition) is 4. The molecule has 0 bridgehead atoms. The fourth-order valence-corrected chi connectivity index (χ4v) is 3.94. The lowest BCUT2D eigenvalue weighted by molar-refractivity contribution is -0.134. The van der Waals surface area contributed by atoms with Crippen molar-refractivity contribution in [3.8, 4) is 0 Å². The van der Waals surface area contributed by atoms with Crippen LogP contribution in [-0.2, 0) is 16.0 Å². The summed E-state index contributed by atoms with van der Waals surface area (Å²) < 4.78 is 2.01. The third kappa shape index (κ3) is 3.71. The smallest absolute Gasteiger partial charge is 0.328 e. The number of fused-ring (bicyclic) bond motifs is 3. The van der Waals surface area contributed by atoms with E-state index in [1.807, 2.05) is 10.6 Å². The Bertz CT molecular complexity index is 955. The van der Waals surface area contributed by atoms with E-state index in [2.05, 4.69) is 37.4 Å². The number of hydrogen-bond donors (Lipinski definition) is 3. The molecule has 7 nitrogen and oxygen atoms in total. The minimum atomic E-state index is -1.26. The number of aromatic nitrogens is 1. The molecule has 2 aromatic rings. The summed E-state index contributed by atoms with van der Waals surface area (Å²) in [5, 5.41) is 20.5. The molecule has 0 amide bonds. The maximum absolute atomic E-state index is 13.0. The molecule has 1 aromatic heterocycles. The van der Waals surface area contributed by atoms with Crippen molar-refractivity contribution in [2.45, 2.75) is 39.2 Å². The lowest BCUT2D eigenvalue weighted by atomic mass is 9.85. The van der Waals surface area contributed by atoms with Crippen molar-refractivity contribution in [2.24, 2.45) is 5.41 Å². The van der Waals surface area contributed by atoms with E-state index in [-0.39, 0.29) is 11.3 Å². The lowest BCUT2D eigenvalue weighted by Crippen LogP contribution is -2.31. The Hall–Kier alpha value is -2.93. The molecule has 28 heavy (non-hydrogen) atoms. The van der Waals surface area contributed by atoms with Crippen molar-refractivity contribution in [1.82, 2.24) is 9.88 Å². The van der Waals surface area contributed by atoms with Gasteiger partial charge in [-0.2, -0.15) is 0 Å². The number of nitrogens with one attached hydrogen (secondary N) is 1. The molecule has 1 atom stereocenters. The summed E-state index contributed by atoms with van der Waals surface area (Å²) in [5.74, 6) is -2.26. The molecule has 1 unspecified atom stereocenters. The Morgan fingerprint density at radius 2 is 1.82 bits per heavy atom. The van der Waals surface area contributed by atoms with Gasteiger partial charge < -0.3 is 15.5 Å². The summed E-state index contributed by atoms with van der Waals surface area (Å²) in [7, 11) is 0. The quantitative estimate of drug-likeness (QED) is 0.687. The van der Waals surface area contributed by atoms with Crippen LogP contribution in [0.5, 0.6) is 0 Å². The van der Waals surface area contributed by atoms with Gasteiger partial charge in [-0.15, -0.1) is 0 Å². The number of nitrogens with zero attached hydrogens (tertiary/aromatic N) is 1. The van der Waals surface area contributed by atoms with Gasteiger partial charge in [0.15, 0.2) is 0 Å². The van der Waals surface area contributed by atoms with Crippen molar-refractivity contribution in [3.63, 3.8) is 0 Å². The van der Waals surface area contributed by atoms with Crippen LogP contribution in [0.15, 0.2) is 36.4 Å². The highest BCUT2D eigenvalue weighted by Gasteiger charge is 2.39. The van der Waals surface area contributed by atoms with Crippen molar-refractivity contribution in [3.05, 3.63) is 47.7 Å². The lowest BCUT2D eigenvalue weighted by Gasteiger charge is -2.24. The summed E-state index contributed by atoms with van der Waals surface area (Å²) in [6.07, 6.45) is 4.12. The van der Waals surface area contributed by atoms with Crippen LogP contribution >= 0.6 is 0 Å². The Morgan fingerprint density at radius 1 is 1.18 bits per heavy atom. The monoisotopic (exact) mass is 384 g/mol. The first-order valence-corrected chi connectivity index (χ1v) is 9.26. The molecule has 0 fully saturated rings. The highest BCUT2D eigenvalue weighted by molar-refractivity contribution is 5.98. The van der Waals surface area contributed by atoms with Crippen LogP contribution in [0.2, 0.25) is 0 Å². The van der Waals surface area contributed by atoms with Gasteiger partial charge in [0, 0.05) is 34.7 Å². The molecular formula is C21H24N2O5. The van der Waals surface area contributed by atoms with Crippen LogP contribution in [0.4, 0.5) is 0 Å². The molecule has 0 radical (unpaired) electrons. The van der Waals surface area contributed by atoms with Gasteiger partial charge in [-0.05, 0) is 37.4 Å². The fraction of sp³-hybridized carbons (Fsp3) is 0.381. The van der Waals surface area contributed by atoms with Gasteiger partial charge in [-0.25, -0.2) is 9.59 Å². The number of rotatable bonds is 2. The third-order valence-electron chi connectivity index (χ3n) is 5.32. The molecule has 0 aliphatic carbocycles. The van der Waals surface area contributed by atoms with Crippen molar-refractivity contribution >= 4 is 28.7 Å². The third-order valence-corrected chi connectivity index (χ3v) is 5.32. The summed E-state index contributed by atoms with van der Waals surface area (Å²) >= 11 is 0. The normalized spacial score (nSPS) is 20.2. The SMILES string of the molecule is CC1(C)CCC2NCCc3c2n(c2ccccc32)C1=O.O=C(O)/C=C/C(=O)O. The molecule has 0 saturated heterocycles. The molecular weight excluding hydrogens is 360 g/mol. The van der Waals surface area contributed by atoms with Crippen LogP contribution in [0.3, 0.4) is 0 Å². The van der Waals surface area contributed by atoms with Crippen LogP contribution in [-0.4, -0.2) is 39.2 Å². The number of carbonyl (C=O) groups excluding carboxylic acids is 1. The zero-order chi connectivity index (χ0) is 20.5. The standard InChI is InChI=1S/C17H20N2O.C4H4O4/c1-17(2)9-7-13-15-12(8-10-18-13)11-5-3-4-6-14(11)19(15)16(17)20;5-3(6)1-2-4(7)8/h3-6,13,18H,7-10H2,1-2H3;1-2H,(H,5,6)(H,7,8)/b;2-1+. The molecule has 3 heterocycles. The first kappa shape index (κ1) is 19.8. The molecule has 2 aliphatic heterocycles. The Morgan fingerprint density at radius 3 is 2.46 bits per heavy atom. The van der Waals surface area contributed by atoms with E-state index in [0.717, 1.165) is 31.3 Å². The molecule has 2 aliphatic rings. The average Bonchev–Trinajstić information content (AvgIpc) is 2.94. The van der Waals surface area contributed by atoms with Gasteiger partial charge in [-0.3, -0.25) is 9.36 Å². The first-order chi connectivity index (χ1) is 13.2. The highest BCUT2D eigenvalue weighted by atomic mass is 16.4. The van der Waals surface area contributed by atoms with E-state index in [1.165, 1.54) is 16.6 Å². The molecule has 4 rings (SSSR count). The van der Waals surface area contributed by atoms with E-state index in [1.54, 1.807) is 0 Å². The molecule has 0 saturated carbocycles. The van der Waals surface area contributed by atoms with Gasteiger partial charge >= 0.3 is 11.9 Å². The number of benzene rings is 1. The number of carboxylic acids is 2. The summed E-state index contributed by atoms with van der Waals surface area (Å²) in [6.45, 7) is 5.17. The van der Waals surface area contributed by atoms with E-state index < -0.39 is 11.9 Å². The van der Waals surface area contributed by atoms with Gasteiger partial charge in [0.1, 0.15) is 0 Å². The zero-order valence-electron chi connectivity index (χ0n) is 15.9. The molecule has 3 N–H and O–H groups in total. The predicted molar refractivity (Wildman–Crippen MR) is 104 cm³/mol. The minimum Gasteiger partial charge on any atom is -0.478 e. The summed E-state index contributed by atoms with van der Waals surface area (Å²) in [4.78, 5) is 32.1. The number of carbonyl (C=O) groups is 3. The Kier molecular flexibility index (Phi) is 5.38. The highest BCUT2D eigenvalue weighted by Crippen LogP contribution is 2.42. The molecule has 148 valence electrons. The van der Waals surface area contributed by atoms with Crippen molar-refractivity contribution < 1.29 is 24.6 Å². The fourth-order valence-electron chi connectivity index (χ4n) is 3.94. The number of carboxylic acid groups (broad SMARTS) is 2. The van der Waals surface area contributed by atoms with Crippen molar-refractivity contribution in [1.29, 1.82) is 0 Å². The number of para-hydroxylation sites is 1. The van der Waals surface area contributed by atoms with E-state index in [4.69, 9.17) is 10.2 Å². The largest absolute Gasteiger partial charge is 0.478 e. The van der Waals surface area contributed by atoms with Crippen LogP contribution in [0.25, 0.3) is 10.9 Å². The van der Waals surface area contributed by atoms with Crippen LogP contribution in [0, 0.1) is 5.41 Å². The second-order valence-corrected chi connectivity index (χ2v) is 7.71. The molecule has 0 spiro atoms. The minimum absolute atomic E-state index is 0.251. The maximum atomic E-state index is 13.0. The topological polar surface area (TPSA) is 109 Å². The van der Waals surface area contributed by atoms with E-state index in [9.17, 15) is 14.4 Å². The summed E-state index contributed by atoms with van der Waals surface area (Å²) in [6, 6.07) is 8.69. The van der Waals surface area contributed by atoms with Crippen LogP contribution < -0.4 is 5.32 Å². The number of aliphatic carboxylic acids is 2. The second kappa shape index (κ2) is 7.59.